The molecular weight excluding hydrogens is 404 g/mol. The van der Waals surface area contributed by atoms with E-state index in [2.05, 4.69) is 30.4 Å². The number of dihydropyridines is 1. The number of hydrogen-bond acceptors (Lipinski definition) is 7. The molecule has 10 heteroatoms. The van der Waals surface area contributed by atoms with Gasteiger partial charge in [-0.2, -0.15) is 0 Å². The Kier molecular flexibility index (Phi) is 4.66. The summed E-state index contributed by atoms with van der Waals surface area (Å²) in [6.07, 6.45) is 7.13. The van der Waals surface area contributed by atoms with Crippen molar-refractivity contribution in [2.24, 2.45) is 12.0 Å². The van der Waals surface area contributed by atoms with Gasteiger partial charge in [-0.1, -0.05) is 22.9 Å². The second kappa shape index (κ2) is 7.49. The van der Waals surface area contributed by atoms with Crippen LogP contribution in [0, 0.1) is 0 Å². The number of rotatable bonds is 4. The first kappa shape index (κ1) is 18.7. The molecule has 0 spiro atoms. The van der Waals surface area contributed by atoms with Gasteiger partial charge in [-0.3, -0.25) is 14.4 Å². The van der Waals surface area contributed by atoms with E-state index in [0.717, 1.165) is 36.7 Å². The number of carbonyl (C=O) groups excluding carboxylic acids is 1. The van der Waals surface area contributed by atoms with Gasteiger partial charge in [-0.25, -0.2) is 4.68 Å². The Morgan fingerprint density at radius 1 is 1.20 bits per heavy atom. The number of halogens is 1. The Morgan fingerprint density at radius 3 is 2.93 bits per heavy atom. The van der Waals surface area contributed by atoms with E-state index in [1.54, 1.807) is 17.0 Å². The molecule has 2 aromatic heterocycles. The van der Waals surface area contributed by atoms with E-state index in [4.69, 9.17) is 11.6 Å². The van der Waals surface area contributed by atoms with Crippen LogP contribution < -0.4 is 4.90 Å². The third-order valence-electron chi connectivity index (χ3n) is 5.34. The van der Waals surface area contributed by atoms with Gasteiger partial charge >= 0.3 is 0 Å². The molecule has 0 aliphatic carbocycles. The molecule has 1 saturated heterocycles. The molecule has 4 heterocycles. The van der Waals surface area contributed by atoms with Crippen molar-refractivity contribution < 1.29 is 4.79 Å². The van der Waals surface area contributed by atoms with Gasteiger partial charge < -0.3 is 4.90 Å². The molecular formula is C20H19ClN8O. The van der Waals surface area contributed by atoms with Crippen molar-refractivity contribution in [2.75, 3.05) is 18.0 Å². The van der Waals surface area contributed by atoms with Crippen LogP contribution in [-0.2, 0) is 11.8 Å². The molecule has 0 unspecified atom stereocenters. The summed E-state index contributed by atoms with van der Waals surface area (Å²) in [5.74, 6) is 1.32. The summed E-state index contributed by atoms with van der Waals surface area (Å²) in [6, 6.07) is 7.54. The Hall–Kier alpha value is -3.33. The summed E-state index contributed by atoms with van der Waals surface area (Å²) in [6.45, 7) is 1.03. The first-order valence-corrected chi connectivity index (χ1v) is 10.1. The summed E-state index contributed by atoms with van der Waals surface area (Å²) in [4.78, 5) is 18.0. The largest absolute Gasteiger partial charge is 0.332 e. The smallest absolute Gasteiger partial charge is 0.227 e. The lowest BCUT2D eigenvalue weighted by atomic mass is 10.1. The zero-order chi connectivity index (χ0) is 20.7. The summed E-state index contributed by atoms with van der Waals surface area (Å²) < 4.78 is 3.63. The Bertz CT molecular complexity index is 1180. The lowest BCUT2D eigenvalue weighted by Crippen LogP contribution is -2.26. The number of hydrogen-bond donors (Lipinski definition) is 0. The van der Waals surface area contributed by atoms with Crippen molar-refractivity contribution in [3.8, 4) is 5.69 Å². The molecule has 3 aromatic rings. The minimum atomic E-state index is -0.0336. The number of carbonyl (C=O) groups is 1. The standard InChI is InChI=1S/C20H19ClN8O/c1-27-19(13-8-16(30)11-22-10-13)24-25-20(27)28-7-3-6-18(28)17-12-29(26-23-17)15-5-2-4-14(21)9-15/h2,4-5,8-10,12,18H,3,6-7,11H2,1H3/t18-/m1/s1. The number of nitrogens with zero attached hydrogens (tertiary/aromatic N) is 8. The van der Waals surface area contributed by atoms with Gasteiger partial charge in [-0.15, -0.1) is 15.3 Å². The highest BCUT2D eigenvalue weighted by Gasteiger charge is 2.32. The third-order valence-corrected chi connectivity index (χ3v) is 5.57. The van der Waals surface area contributed by atoms with Crippen LogP contribution in [0.15, 0.2) is 41.5 Å². The van der Waals surface area contributed by atoms with Gasteiger partial charge in [0.15, 0.2) is 11.6 Å². The van der Waals surface area contributed by atoms with Crippen LogP contribution in [0.2, 0.25) is 5.02 Å². The summed E-state index contributed by atoms with van der Waals surface area (Å²) in [7, 11) is 1.90. The van der Waals surface area contributed by atoms with Gasteiger partial charge in [0.25, 0.3) is 0 Å². The molecule has 1 atom stereocenters. The molecule has 9 nitrogen and oxygen atoms in total. The van der Waals surface area contributed by atoms with Crippen LogP contribution in [0.3, 0.4) is 0 Å². The fourth-order valence-corrected chi connectivity index (χ4v) is 4.11. The van der Waals surface area contributed by atoms with E-state index in [-0.39, 0.29) is 18.4 Å². The molecule has 0 amide bonds. The normalized spacial score (nSPS) is 18.9. The van der Waals surface area contributed by atoms with Gasteiger partial charge in [0.1, 0.15) is 12.2 Å². The monoisotopic (exact) mass is 422 g/mol. The van der Waals surface area contributed by atoms with Gasteiger partial charge in [0.05, 0.1) is 17.9 Å². The lowest BCUT2D eigenvalue weighted by Gasteiger charge is -2.23. The third kappa shape index (κ3) is 3.30. The van der Waals surface area contributed by atoms with Crippen LogP contribution in [0.5, 0.6) is 0 Å². The maximum atomic E-state index is 11.7. The summed E-state index contributed by atoms with van der Waals surface area (Å²) >= 11 is 6.10. The van der Waals surface area contributed by atoms with Crippen LogP contribution in [0.4, 0.5) is 5.95 Å². The maximum Gasteiger partial charge on any atom is 0.227 e. The van der Waals surface area contributed by atoms with Crippen molar-refractivity contribution in [1.29, 1.82) is 0 Å². The van der Waals surface area contributed by atoms with Crippen LogP contribution in [0.25, 0.3) is 11.3 Å². The summed E-state index contributed by atoms with van der Waals surface area (Å²) in [5.41, 5.74) is 2.40. The lowest BCUT2D eigenvalue weighted by molar-refractivity contribution is -0.113. The highest BCUT2D eigenvalue weighted by Crippen LogP contribution is 2.35. The fraction of sp³-hybridized carbons (Fsp3) is 0.300. The Balaban J connectivity index is 1.44. The molecule has 30 heavy (non-hydrogen) atoms. The quantitative estimate of drug-likeness (QED) is 0.641. The topological polar surface area (TPSA) is 94.1 Å². The number of ketones is 1. The Labute approximate surface area is 177 Å². The van der Waals surface area contributed by atoms with E-state index < -0.39 is 0 Å². The number of aromatic nitrogens is 6. The molecule has 1 fully saturated rings. The maximum absolute atomic E-state index is 11.7. The van der Waals surface area contributed by atoms with Crippen molar-refractivity contribution in [2.45, 2.75) is 18.9 Å². The molecule has 0 radical (unpaired) electrons. The number of aliphatic imine (C=N–C) groups is 1. The minimum Gasteiger partial charge on any atom is -0.332 e. The number of allylic oxidation sites excluding steroid dienone is 1. The van der Waals surface area contributed by atoms with Crippen molar-refractivity contribution in [3.63, 3.8) is 0 Å². The number of benzene rings is 1. The van der Waals surface area contributed by atoms with Crippen molar-refractivity contribution in [3.05, 3.63) is 53.1 Å². The van der Waals surface area contributed by atoms with Gasteiger partial charge in [0, 0.05) is 30.4 Å². The second-order valence-corrected chi connectivity index (χ2v) is 7.77. The first-order chi connectivity index (χ1) is 14.6. The summed E-state index contributed by atoms with van der Waals surface area (Å²) in [5, 5.41) is 18.1. The molecule has 5 rings (SSSR count). The second-order valence-electron chi connectivity index (χ2n) is 7.34. The molecule has 0 bridgehead atoms. The Morgan fingerprint density at radius 2 is 2.10 bits per heavy atom. The minimum absolute atomic E-state index is 0.0336. The van der Waals surface area contributed by atoms with Crippen LogP contribution >= 0.6 is 11.6 Å². The van der Waals surface area contributed by atoms with E-state index in [1.165, 1.54) is 0 Å². The molecule has 1 aromatic carbocycles. The average molecular weight is 423 g/mol. The SMILES string of the molecule is Cn1c(C2=CC(=O)CN=C2)nnc1N1CCC[C@@H]1c1cn(-c2cccc(Cl)c2)nn1. The van der Waals surface area contributed by atoms with Crippen molar-refractivity contribution in [1.82, 2.24) is 29.8 Å². The zero-order valence-corrected chi connectivity index (χ0v) is 17.1. The first-order valence-electron chi connectivity index (χ1n) is 9.69. The van der Waals surface area contributed by atoms with E-state index in [9.17, 15) is 4.79 Å². The molecule has 0 N–H and O–H groups in total. The molecule has 2 aliphatic rings. The van der Waals surface area contributed by atoms with E-state index in [0.29, 0.717) is 16.4 Å². The highest BCUT2D eigenvalue weighted by atomic mass is 35.5. The zero-order valence-electron chi connectivity index (χ0n) is 16.3. The van der Waals surface area contributed by atoms with Gasteiger partial charge in [0.2, 0.25) is 5.95 Å². The van der Waals surface area contributed by atoms with Crippen LogP contribution in [-0.4, -0.2) is 54.8 Å². The molecule has 2 aliphatic heterocycles. The number of anilines is 1. The van der Waals surface area contributed by atoms with E-state index in [1.807, 2.05) is 42.1 Å². The predicted molar refractivity (Wildman–Crippen MR) is 113 cm³/mol. The molecule has 152 valence electrons. The van der Waals surface area contributed by atoms with Crippen LogP contribution in [0.1, 0.15) is 30.4 Å². The molecule has 0 saturated carbocycles. The predicted octanol–water partition coefficient (Wildman–Crippen LogP) is 2.43. The van der Waals surface area contributed by atoms with Gasteiger partial charge in [-0.05, 0) is 37.1 Å². The highest BCUT2D eigenvalue weighted by molar-refractivity contribution is 6.30. The average Bonchev–Trinajstić information content (AvgIpc) is 3.47. The fourth-order valence-electron chi connectivity index (χ4n) is 3.92. The van der Waals surface area contributed by atoms with E-state index >= 15 is 0 Å². The van der Waals surface area contributed by atoms with Crippen molar-refractivity contribution >= 4 is 35.1 Å².